The summed E-state index contributed by atoms with van der Waals surface area (Å²) < 4.78 is 11.8. The first kappa shape index (κ1) is 38.4. The molecule has 4 fully saturated rings. The van der Waals surface area contributed by atoms with Crippen molar-refractivity contribution in [3.05, 3.63) is 34.3 Å². The molecule has 5 rings (SSSR count). The highest BCUT2D eigenvalue weighted by atomic mass is 79.9. The van der Waals surface area contributed by atoms with E-state index in [0.29, 0.717) is 5.41 Å². The van der Waals surface area contributed by atoms with E-state index in [1.54, 1.807) is 0 Å². The minimum absolute atomic E-state index is 0. The van der Waals surface area contributed by atoms with E-state index >= 15 is 0 Å². The first-order chi connectivity index (χ1) is 21.1. The molecular weight excluding hydrogens is 672 g/mol. The van der Waals surface area contributed by atoms with Gasteiger partial charge >= 0.3 is 12.2 Å². The monoisotopic (exact) mass is 726 g/mol. The third-order valence-electron chi connectivity index (χ3n) is 9.83. The summed E-state index contributed by atoms with van der Waals surface area (Å²) in [4.78, 5) is 42.7. The fourth-order valence-electron chi connectivity index (χ4n) is 6.93. The number of likely N-dealkylation sites (tertiary alicyclic amines) is 3. The molecule has 0 bridgehead atoms. The molecule has 2 spiro atoms. The minimum atomic E-state index is -0.455. The van der Waals surface area contributed by atoms with Crippen LogP contribution in [-0.2, 0) is 9.47 Å². The number of halogens is 2. The summed E-state index contributed by atoms with van der Waals surface area (Å²) in [6.45, 7) is 18.5. The van der Waals surface area contributed by atoms with Gasteiger partial charge in [-0.05, 0) is 145 Å². The van der Waals surface area contributed by atoms with Crippen LogP contribution < -0.4 is 5.32 Å². The van der Waals surface area contributed by atoms with Crippen LogP contribution in [0.1, 0.15) is 103 Å². The Bertz CT molecular complexity index is 1170. The number of amides is 3. The van der Waals surface area contributed by atoms with Crippen LogP contribution in [-0.4, -0.2) is 96.4 Å². The average Bonchev–Trinajstić information content (AvgIpc) is 2.97. The second kappa shape index (κ2) is 15.9. The van der Waals surface area contributed by atoms with E-state index in [1.807, 2.05) is 80.5 Å². The van der Waals surface area contributed by atoms with Crippen LogP contribution in [0.15, 0.2) is 28.7 Å². The maximum atomic E-state index is 12.8. The van der Waals surface area contributed by atoms with Crippen LogP contribution in [0, 0.1) is 10.8 Å². The number of carbonyl (C=O) groups is 3. The summed E-state index contributed by atoms with van der Waals surface area (Å²) >= 11 is 3.48. The van der Waals surface area contributed by atoms with Gasteiger partial charge in [-0.15, -0.1) is 12.4 Å². The normalized spacial score (nSPS) is 21.1. The lowest BCUT2D eigenvalue weighted by molar-refractivity contribution is -0.00133. The van der Waals surface area contributed by atoms with Crippen molar-refractivity contribution < 1.29 is 23.9 Å². The smallest absolute Gasteiger partial charge is 0.410 e. The summed E-state index contributed by atoms with van der Waals surface area (Å²) in [6.07, 6.45) is 8.42. The Balaban J connectivity index is 0.000000265. The molecule has 4 aliphatic heterocycles. The highest BCUT2D eigenvalue weighted by Crippen LogP contribution is 2.42. The van der Waals surface area contributed by atoms with Crippen LogP contribution in [0.2, 0.25) is 0 Å². The number of ether oxygens (including phenoxy) is 2. The van der Waals surface area contributed by atoms with Crippen LogP contribution in [0.3, 0.4) is 0 Å². The number of rotatable bonds is 1. The maximum absolute atomic E-state index is 12.8. The van der Waals surface area contributed by atoms with Crippen molar-refractivity contribution in [2.24, 2.45) is 10.8 Å². The summed E-state index contributed by atoms with van der Waals surface area (Å²) in [5, 5.41) is 3.42. The zero-order chi connectivity index (χ0) is 32.9. The first-order valence-electron chi connectivity index (χ1n) is 16.8. The van der Waals surface area contributed by atoms with Gasteiger partial charge in [-0.3, -0.25) is 4.79 Å². The number of nitrogens with zero attached hydrogens (tertiary/aromatic N) is 3. The van der Waals surface area contributed by atoms with E-state index in [4.69, 9.17) is 9.47 Å². The van der Waals surface area contributed by atoms with Crippen molar-refractivity contribution in [3.63, 3.8) is 0 Å². The molecule has 9 nitrogen and oxygen atoms in total. The standard InChI is InChI=1S/C21H29BrN2O3.C14H26N2O2.ClH/c1-20(2,3)27-19(26)24-14-10-21(11-15-24)8-12-23(13-9-21)18(25)16-6-4-5-7-17(16)22;1-13(2,3)18-12(17)16-10-6-14(7-11-16)4-8-15-9-5-14;/h4-7H,8-15H2,1-3H3;15H,4-11H2,1-3H3;1H. The Morgan fingerprint density at radius 1 is 0.652 bits per heavy atom. The zero-order valence-corrected chi connectivity index (χ0v) is 31.2. The van der Waals surface area contributed by atoms with E-state index in [2.05, 4.69) is 21.2 Å². The number of benzene rings is 1. The highest BCUT2D eigenvalue weighted by Gasteiger charge is 2.41. The number of piperidine rings is 4. The van der Waals surface area contributed by atoms with Crippen molar-refractivity contribution in [1.29, 1.82) is 0 Å². The lowest BCUT2D eigenvalue weighted by Crippen LogP contribution is -2.50. The van der Waals surface area contributed by atoms with Gasteiger partial charge in [0.2, 0.25) is 0 Å². The van der Waals surface area contributed by atoms with Gasteiger partial charge in [0.15, 0.2) is 0 Å². The summed E-state index contributed by atoms with van der Waals surface area (Å²) in [5.74, 6) is 0.100. The fraction of sp³-hybridized carbons (Fsp3) is 0.743. The van der Waals surface area contributed by atoms with Crippen molar-refractivity contribution in [2.75, 3.05) is 52.4 Å². The van der Waals surface area contributed by atoms with Crippen molar-refractivity contribution in [3.8, 4) is 0 Å². The molecule has 0 unspecified atom stereocenters. The number of nitrogens with one attached hydrogen (secondary N) is 1. The van der Waals surface area contributed by atoms with Gasteiger partial charge in [-0.25, -0.2) is 9.59 Å². The lowest BCUT2D eigenvalue weighted by Gasteiger charge is -2.46. The molecule has 1 aromatic carbocycles. The molecule has 0 aromatic heterocycles. The maximum Gasteiger partial charge on any atom is 0.410 e. The molecule has 1 aromatic rings. The summed E-state index contributed by atoms with van der Waals surface area (Å²) in [7, 11) is 0. The molecule has 0 saturated carbocycles. The van der Waals surface area contributed by atoms with Gasteiger partial charge in [0.25, 0.3) is 5.91 Å². The van der Waals surface area contributed by atoms with Gasteiger partial charge in [0.1, 0.15) is 11.2 Å². The summed E-state index contributed by atoms with van der Waals surface area (Å²) in [5.41, 5.74) is 0.630. The van der Waals surface area contributed by atoms with E-state index in [0.717, 1.165) is 101 Å². The zero-order valence-electron chi connectivity index (χ0n) is 28.8. The van der Waals surface area contributed by atoms with Crippen molar-refractivity contribution in [2.45, 2.75) is 104 Å². The molecule has 0 aliphatic carbocycles. The van der Waals surface area contributed by atoms with Crippen LogP contribution in [0.25, 0.3) is 0 Å². The van der Waals surface area contributed by atoms with Gasteiger partial charge in [-0.2, -0.15) is 0 Å². The number of carbonyl (C=O) groups excluding carboxylic acids is 3. The number of hydrogen-bond acceptors (Lipinski definition) is 6. The molecular formula is C35H56BrClN4O5. The van der Waals surface area contributed by atoms with Crippen LogP contribution in [0.5, 0.6) is 0 Å². The van der Waals surface area contributed by atoms with Gasteiger partial charge in [0.05, 0.1) is 5.56 Å². The topological polar surface area (TPSA) is 91.4 Å². The highest BCUT2D eigenvalue weighted by molar-refractivity contribution is 9.10. The molecule has 4 heterocycles. The summed E-state index contributed by atoms with van der Waals surface area (Å²) in [6, 6.07) is 7.60. The van der Waals surface area contributed by atoms with Gasteiger partial charge < -0.3 is 29.5 Å². The minimum Gasteiger partial charge on any atom is -0.444 e. The Morgan fingerprint density at radius 3 is 1.41 bits per heavy atom. The third-order valence-corrected chi connectivity index (χ3v) is 10.5. The molecule has 260 valence electrons. The fourth-order valence-corrected chi connectivity index (χ4v) is 7.38. The Morgan fingerprint density at radius 2 is 1.02 bits per heavy atom. The van der Waals surface area contributed by atoms with Crippen LogP contribution >= 0.6 is 28.3 Å². The number of hydrogen-bond donors (Lipinski definition) is 1. The Labute approximate surface area is 291 Å². The molecule has 4 saturated heterocycles. The molecule has 11 heteroatoms. The van der Waals surface area contributed by atoms with Gasteiger partial charge in [0, 0.05) is 43.7 Å². The van der Waals surface area contributed by atoms with E-state index in [1.165, 1.54) is 12.8 Å². The quantitative estimate of drug-likeness (QED) is 0.322. The van der Waals surface area contributed by atoms with E-state index < -0.39 is 5.60 Å². The van der Waals surface area contributed by atoms with Gasteiger partial charge in [-0.1, -0.05) is 12.1 Å². The molecule has 0 radical (unpaired) electrons. The van der Waals surface area contributed by atoms with E-state index in [-0.39, 0.29) is 41.5 Å². The second-order valence-electron chi connectivity index (χ2n) is 15.5. The molecule has 4 aliphatic rings. The molecule has 0 atom stereocenters. The predicted molar refractivity (Wildman–Crippen MR) is 188 cm³/mol. The Hall–Kier alpha value is -2.04. The van der Waals surface area contributed by atoms with E-state index in [9.17, 15) is 14.4 Å². The average molecular weight is 728 g/mol. The predicted octanol–water partition coefficient (Wildman–Crippen LogP) is 7.51. The lowest BCUT2D eigenvalue weighted by atomic mass is 9.71. The molecule has 1 N–H and O–H groups in total. The van der Waals surface area contributed by atoms with Crippen LogP contribution in [0.4, 0.5) is 9.59 Å². The molecule has 3 amide bonds. The SMILES string of the molecule is CC(C)(C)OC(=O)N1CCC2(CC1)CCN(C(=O)c1ccccc1Br)CC2.CC(C)(C)OC(=O)N1CCC2(CCNCC2)CC1.Cl. The van der Waals surface area contributed by atoms with Crippen molar-refractivity contribution in [1.82, 2.24) is 20.0 Å². The Kier molecular flexibility index (Phi) is 13.3. The third kappa shape index (κ3) is 10.7. The van der Waals surface area contributed by atoms with Crippen molar-refractivity contribution >= 4 is 46.4 Å². The first-order valence-corrected chi connectivity index (χ1v) is 17.6. The molecule has 46 heavy (non-hydrogen) atoms. The largest absolute Gasteiger partial charge is 0.444 e. The second-order valence-corrected chi connectivity index (χ2v) is 16.3.